The van der Waals surface area contributed by atoms with Gasteiger partial charge in [0.2, 0.25) is 12.4 Å². The molecule has 0 aliphatic heterocycles. The van der Waals surface area contributed by atoms with E-state index in [2.05, 4.69) is 25.3 Å². The van der Waals surface area contributed by atoms with E-state index in [4.69, 9.17) is 0 Å². The maximum atomic E-state index is 14.8. The number of nitrogens with zero attached hydrogens (tertiary/aromatic N) is 4. The zero-order valence-corrected chi connectivity index (χ0v) is 21.9. The van der Waals surface area contributed by atoms with Crippen LogP contribution in [0.1, 0.15) is 48.1 Å². The molecule has 1 amide bonds. The van der Waals surface area contributed by atoms with Crippen LogP contribution in [-0.4, -0.2) is 37.4 Å². The van der Waals surface area contributed by atoms with Crippen molar-refractivity contribution in [1.82, 2.24) is 19.9 Å². The van der Waals surface area contributed by atoms with Gasteiger partial charge in [0.1, 0.15) is 23.1 Å². The fourth-order valence-electron chi connectivity index (χ4n) is 3.74. The number of halogens is 2. The number of aromatic nitrogens is 4. The first-order valence-electron chi connectivity index (χ1n) is 12.1. The van der Waals surface area contributed by atoms with Crippen molar-refractivity contribution < 1.29 is 23.5 Å². The van der Waals surface area contributed by atoms with Crippen LogP contribution < -0.4 is 10.2 Å². The standard InChI is InChI=1S/C26H22F2N6O3.C2H6/c1-3-5-17-22(18-12-16(25(36)37)9-8-15(18)2)32-26(31-13-21-29-10-11-30-21)33-24(17)34(14-35)23-19(27)6-4-7-20(23)28;1-2/h3-12,14H,13H2,1-2H3,(H,29,30)(H,36,37)(H,31,32,33);1-2H3/b5-3-;. The number of aryl methyl sites for hydroxylation is 1. The molecule has 4 aromatic rings. The number of carbonyl (C=O) groups is 2. The number of nitrogens with one attached hydrogen (secondary N) is 2. The molecule has 2 aromatic carbocycles. The Labute approximate surface area is 224 Å². The maximum Gasteiger partial charge on any atom is 0.335 e. The zero-order valence-electron chi connectivity index (χ0n) is 21.9. The van der Waals surface area contributed by atoms with Crippen LogP contribution in [0, 0.1) is 18.6 Å². The number of rotatable bonds is 9. The fraction of sp³-hybridized carbons (Fsp3) is 0.179. The van der Waals surface area contributed by atoms with Crippen LogP contribution in [0.25, 0.3) is 17.3 Å². The first-order chi connectivity index (χ1) is 18.8. The van der Waals surface area contributed by atoms with Gasteiger partial charge in [0.05, 0.1) is 17.8 Å². The maximum absolute atomic E-state index is 14.8. The number of benzene rings is 2. The molecule has 0 bridgehead atoms. The molecule has 11 heteroatoms. The van der Waals surface area contributed by atoms with Gasteiger partial charge in [-0.05, 0) is 43.7 Å². The van der Waals surface area contributed by atoms with E-state index in [1.807, 2.05) is 13.8 Å². The predicted octanol–water partition coefficient (Wildman–Crippen LogP) is 6.12. The smallest absolute Gasteiger partial charge is 0.335 e. The molecule has 9 nitrogen and oxygen atoms in total. The topological polar surface area (TPSA) is 124 Å². The van der Waals surface area contributed by atoms with Crippen LogP contribution in [0.15, 0.2) is 54.9 Å². The second-order valence-corrected chi connectivity index (χ2v) is 7.90. The molecule has 0 atom stereocenters. The number of para-hydroxylation sites is 1. The van der Waals surface area contributed by atoms with E-state index in [-0.39, 0.29) is 41.5 Å². The molecule has 0 fully saturated rings. The molecule has 0 radical (unpaired) electrons. The summed E-state index contributed by atoms with van der Waals surface area (Å²) in [4.78, 5) is 40.8. The van der Waals surface area contributed by atoms with Gasteiger partial charge < -0.3 is 15.4 Å². The monoisotopic (exact) mass is 534 g/mol. The number of hydrogen-bond acceptors (Lipinski definition) is 6. The highest BCUT2D eigenvalue weighted by Gasteiger charge is 2.25. The van der Waals surface area contributed by atoms with Crippen molar-refractivity contribution in [3.05, 3.63) is 89.0 Å². The van der Waals surface area contributed by atoms with Crippen molar-refractivity contribution in [2.45, 2.75) is 34.2 Å². The normalized spacial score (nSPS) is 10.6. The summed E-state index contributed by atoms with van der Waals surface area (Å²) in [6.07, 6.45) is 6.71. The summed E-state index contributed by atoms with van der Waals surface area (Å²) in [7, 11) is 0. The number of hydrogen-bond donors (Lipinski definition) is 3. The van der Waals surface area contributed by atoms with Crippen molar-refractivity contribution in [2.75, 3.05) is 10.2 Å². The lowest BCUT2D eigenvalue weighted by molar-refractivity contribution is -0.106. The van der Waals surface area contributed by atoms with Crippen LogP contribution in [0.2, 0.25) is 0 Å². The first kappa shape index (κ1) is 28.6. The molecule has 202 valence electrons. The van der Waals surface area contributed by atoms with E-state index in [1.54, 1.807) is 44.5 Å². The molecular weight excluding hydrogens is 506 g/mol. The lowest BCUT2D eigenvalue weighted by Crippen LogP contribution is -2.21. The second-order valence-electron chi connectivity index (χ2n) is 7.90. The van der Waals surface area contributed by atoms with Gasteiger partial charge in [-0.15, -0.1) is 0 Å². The van der Waals surface area contributed by atoms with Crippen molar-refractivity contribution in [3.63, 3.8) is 0 Å². The van der Waals surface area contributed by atoms with Crippen molar-refractivity contribution >= 4 is 35.9 Å². The number of carboxylic acids is 1. The molecule has 2 aromatic heterocycles. The summed E-state index contributed by atoms with van der Waals surface area (Å²) in [5.41, 5.74) is 1.05. The highest BCUT2D eigenvalue weighted by atomic mass is 19.1. The summed E-state index contributed by atoms with van der Waals surface area (Å²) in [5, 5.41) is 12.5. The third-order valence-corrected chi connectivity index (χ3v) is 5.48. The molecule has 0 aliphatic carbocycles. The van der Waals surface area contributed by atoms with E-state index in [9.17, 15) is 23.5 Å². The van der Waals surface area contributed by atoms with Crippen LogP contribution in [0.4, 0.5) is 26.2 Å². The number of aromatic carboxylic acids is 1. The van der Waals surface area contributed by atoms with Crippen LogP contribution in [0.3, 0.4) is 0 Å². The molecule has 0 saturated heterocycles. The summed E-state index contributed by atoms with van der Waals surface area (Å²) in [6.45, 7) is 7.66. The number of carbonyl (C=O) groups excluding carboxylic acids is 1. The Bertz CT molecular complexity index is 1470. The van der Waals surface area contributed by atoms with E-state index < -0.39 is 23.3 Å². The summed E-state index contributed by atoms with van der Waals surface area (Å²) in [6, 6.07) is 7.78. The number of H-pyrrole nitrogens is 1. The number of amides is 1. The minimum Gasteiger partial charge on any atom is -0.478 e. The van der Waals surface area contributed by atoms with Crippen LogP contribution >= 0.6 is 0 Å². The number of imidazole rings is 1. The Morgan fingerprint density at radius 1 is 1.15 bits per heavy atom. The SMILES string of the molecule is C/C=C\c1c(-c2cc(C(=O)O)ccc2C)nc(NCc2ncc[nH]2)nc1N(C=O)c1c(F)cccc1F.CC. The van der Waals surface area contributed by atoms with Gasteiger partial charge in [-0.2, -0.15) is 4.98 Å². The average Bonchev–Trinajstić information content (AvgIpc) is 3.45. The average molecular weight is 535 g/mol. The highest BCUT2D eigenvalue weighted by Crippen LogP contribution is 2.37. The summed E-state index contributed by atoms with van der Waals surface area (Å²) < 4.78 is 29.5. The largest absolute Gasteiger partial charge is 0.478 e. The Morgan fingerprint density at radius 3 is 2.46 bits per heavy atom. The van der Waals surface area contributed by atoms with E-state index in [0.29, 0.717) is 17.0 Å². The third kappa shape index (κ3) is 6.32. The Morgan fingerprint density at radius 2 is 1.87 bits per heavy atom. The molecular formula is C28H28F2N6O3. The van der Waals surface area contributed by atoms with Crippen LogP contribution in [-0.2, 0) is 11.3 Å². The third-order valence-electron chi connectivity index (χ3n) is 5.48. The molecule has 4 rings (SSSR count). The highest BCUT2D eigenvalue weighted by molar-refractivity contribution is 5.94. The minimum absolute atomic E-state index is 0.0182. The molecule has 2 heterocycles. The van der Waals surface area contributed by atoms with Gasteiger partial charge in [0.25, 0.3) is 0 Å². The molecule has 0 aliphatic rings. The number of aromatic amines is 1. The van der Waals surface area contributed by atoms with Gasteiger partial charge >= 0.3 is 5.97 Å². The summed E-state index contributed by atoms with van der Waals surface area (Å²) >= 11 is 0. The summed E-state index contributed by atoms with van der Waals surface area (Å²) in [5.74, 6) is -2.58. The van der Waals surface area contributed by atoms with Gasteiger partial charge in [-0.1, -0.05) is 38.1 Å². The van der Waals surface area contributed by atoms with Gasteiger partial charge in [0, 0.05) is 23.5 Å². The van der Waals surface area contributed by atoms with E-state index in [1.165, 1.54) is 18.2 Å². The molecule has 3 N–H and O–H groups in total. The van der Waals surface area contributed by atoms with Crippen molar-refractivity contribution in [3.8, 4) is 11.3 Å². The Balaban J connectivity index is 0.00000205. The molecule has 0 unspecified atom stereocenters. The lowest BCUT2D eigenvalue weighted by atomic mass is 9.98. The quantitative estimate of drug-likeness (QED) is 0.221. The van der Waals surface area contributed by atoms with Gasteiger partial charge in [-0.3, -0.25) is 9.69 Å². The van der Waals surface area contributed by atoms with Gasteiger partial charge in [-0.25, -0.2) is 23.5 Å². The number of anilines is 3. The fourth-order valence-corrected chi connectivity index (χ4v) is 3.74. The Hall–Kier alpha value is -4.93. The molecule has 0 saturated carbocycles. The lowest BCUT2D eigenvalue weighted by Gasteiger charge is -2.23. The Kier molecular flexibility index (Phi) is 9.58. The van der Waals surface area contributed by atoms with E-state index in [0.717, 1.165) is 17.0 Å². The van der Waals surface area contributed by atoms with Gasteiger partial charge in [0.15, 0.2) is 5.82 Å². The van der Waals surface area contributed by atoms with Crippen molar-refractivity contribution in [1.29, 1.82) is 0 Å². The first-order valence-corrected chi connectivity index (χ1v) is 12.1. The number of carboxylic acid groups (broad SMARTS) is 1. The van der Waals surface area contributed by atoms with E-state index >= 15 is 0 Å². The second kappa shape index (κ2) is 13.0. The van der Waals surface area contributed by atoms with Crippen molar-refractivity contribution in [2.24, 2.45) is 0 Å². The van der Waals surface area contributed by atoms with Crippen LogP contribution in [0.5, 0.6) is 0 Å². The minimum atomic E-state index is -1.14. The number of allylic oxidation sites excluding steroid dienone is 1. The predicted molar refractivity (Wildman–Crippen MR) is 146 cm³/mol. The zero-order chi connectivity index (χ0) is 28.5. The molecule has 0 spiro atoms. The molecule has 39 heavy (non-hydrogen) atoms.